The molecule has 0 amide bonds. The smallest absolute Gasteiger partial charge is 0.335 e. The second kappa shape index (κ2) is 6.56. The highest BCUT2D eigenvalue weighted by atomic mass is 32.2. The molecule has 0 aromatic heterocycles. The number of aromatic carboxylic acids is 1. The van der Waals surface area contributed by atoms with Gasteiger partial charge in [0, 0.05) is 6.26 Å². The maximum Gasteiger partial charge on any atom is 0.335 e. The Morgan fingerprint density at radius 1 is 1.40 bits per heavy atom. The van der Waals surface area contributed by atoms with Crippen molar-refractivity contribution in [2.45, 2.75) is 25.2 Å². The first kappa shape index (κ1) is 16.2. The van der Waals surface area contributed by atoms with Crippen LogP contribution >= 0.6 is 0 Å². The van der Waals surface area contributed by atoms with Gasteiger partial charge in [0.05, 0.1) is 23.3 Å². The predicted octanol–water partition coefficient (Wildman–Crippen LogP) is 2.19. The largest absolute Gasteiger partial charge is 0.502 e. The average Bonchev–Trinajstić information content (AvgIpc) is 2.34. The molecule has 6 heteroatoms. The van der Waals surface area contributed by atoms with Gasteiger partial charge in [-0.15, -0.1) is 0 Å². The Labute approximate surface area is 118 Å². The lowest BCUT2D eigenvalue weighted by Crippen LogP contribution is -2.09. The van der Waals surface area contributed by atoms with Gasteiger partial charge >= 0.3 is 5.97 Å². The van der Waals surface area contributed by atoms with Crippen LogP contribution in [0, 0.1) is 6.92 Å². The van der Waals surface area contributed by atoms with Gasteiger partial charge in [0.15, 0.2) is 9.84 Å². The number of carboxylic acids is 1. The topological polar surface area (TPSA) is 80.7 Å². The molecule has 5 nitrogen and oxygen atoms in total. The zero-order valence-electron chi connectivity index (χ0n) is 11.7. The quantitative estimate of drug-likeness (QED) is 0.814. The Kier molecular flexibility index (Phi) is 5.33. The number of allylic oxidation sites excluding steroid dienone is 1. The Morgan fingerprint density at radius 2 is 2.05 bits per heavy atom. The van der Waals surface area contributed by atoms with Crippen LogP contribution in [0.15, 0.2) is 29.4 Å². The second-order valence-electron chi connectivity index (χ2n) is 4.32. The SMILES string of the molecule is CCOC=CCc1c(S(C)(=O)=O)ccc(C(=O)O)c1C. The van der Waals surface area contributed by atoms with E-state index in [1.807, 2.05) is 6.92 Å². The summed E-state index contributed by atoms with van der Waals surface area (Å²) in [6, 6.07) is 2.67. The number of hydrogen-bond acceptors (Lipinski definition) is 4. The average molecular weight is 298 g/mol. The molecule has 110 valence electrons. The van der Waals surface area contributed by atoms with Crippen LogP contribution in [0.5, 0.6) is 0 Å². The summed E-state index contributed by atoms with van der Waals surface area (Å²) in [5, 5.41) is 9.10. The van der Waals surface area contributed by atoms with E-state index in [0.29, 0.717) is 24.2 Å². The molecule has 1 N–H and O–H groups in total. The number of carboxylic acid groups (broad SMARTS) is 1. The van der Waals surface area contributed by atoms with E-state index >= 15 is 0 Å². The van der Waals surface area contributed by atoms with Gasteiger partial charge in [-0.3, -0.25) is 0 Å². The van der Waals surface area contributed by atoms with Crippen molar-refractivity contribution in [1.82, 2.24) is 0 Å². The fraction of sp³-hybridized carbons (Fsp3) is 0.357. The summed E-state index contributed by atoms with van der Waals surface area (Å²) < 4.78 is 28.6. The summed E-state index contributed by atoms with van der Waals surface area (Å²) in [6.07, 6.45) is 4.57. The number of benzene rings is 1. The van der Waals surface area contributed by atoms with Crippen LogP contribution in [0.25, 0.3) is 0 Å². The summed E-state index contributed by atoms with van der Waals surface area (Å²) in [7, 11) is -3.41. The fourth-order valence-electron chi connectivity index (χ4n) is 1.89. The second-order valence-corrected chi connectivity index (χ2v) is 6.31. The van der Waals surface area contributed by atoms with Gasteiger partial charge in [0.25, 0.3) is 0 Å². The first-order chi connectivity index (χ1) is 9.29. The number of sulfone groups is 1. The number of ether oxygens (including phenoxy) is 1. The Morgan fingerprint density at radius 3 is 2.55 bits per heavy atom. The first-order valence-corrected chi connectivity index (χ1v) is 8.00. The molecule has 0 saturated heterocycles. The first-order valence-electron chi connectivity index (χ1n) is 6.11. The third-order valence-electron chi connectivity index (χ3n) is 2.87. The summed E-state index contributed by atoms with van der Waals surface area (Å²) in [6.45, 7) is 3.97. The minimum atomic E-state index is -3.41. The van der Waals surface area contributed by atoms with E-state index in [0.717, 1.165) is 6.26 Å². The standard InChI is InChI=1S/C14H18O5S/c1-4-19-9-5-6-11-10(2)12(14(15)16)7-8-13(11)20(3,17)18/h5,7-9H,4,6H2,1-3H3,(H,15,16). The minimum Gasteiger partial charge on any atom is -0.502 e. The summed E-state index contributed by atoms with van der Waals surface area (Å²) in [4.78, 5) is 11.3. The van der Waals surface area contributed by atoms with Gasteiger partial charge in [-0.1, -0.05) is 0 Å². The molecule has 0 aliphatic heterocycles. The molecule has 0 saturated carbocycles. The lowest BCUT2D eigenvalue weighted by atomic mass is 10.00. The normalized spacial score (nSPS) is 11.8. The van der Waals surface area contributed by atoms with E-state index in [1.165, 1.54) is 18.4 Å². The minimum absolute atomic E-state index is 0.109. The van der Waals surface area contributed by atoms with Gasteiger partial charge < -0.3 is 9.84 Å². The molecule has 0 unspecified atom stereocenters. The molecule has 0 fully saturated rings. The molecule has 0 atom stereocenters. The van der Waals surface area contributed by atoms with Crippen LogP contribution < -0.4 is 0 Å². The number of carbonyl (C=O) groups is 1. The molecule has 0 bridgehead atoms. The van der Waals surface area contributed by atoms with Crippen LogP contribution in [0.2, 0.25) is 0 Å². The van der Waals surface area contributed by atoms with E-state index in [4.69, 9.17) is 9.84 Å². The lowest BCUT2D eigenvalue weighted by molar-refractivity contribution is 0.0696. The maximum atomic E-state index is 11.8. The molecule has 0 radical (unpaired) electrons. The number of rotatable bonds is 6. The highest BCUT2D eigenvalue weighted by molar-refractivity contribution is 7.90. The monoisotopic (exact) mass is 298 g/mol. The Balaban J connectivity index is 3.34. The van der Waals surface area contributed by atoms with E-state index in [1.54, 1.807) is 13.0 Å². The zero-order valence-corrected chi connectivity index (χ0v) is 12.5. The van der Waals surface area contributed by atoms with Gasteiger partial charge in [0.2, 0.25) is 0 Å². The lowest BCUT2D eigenvalue weighted by Gasteiger charge is -2.12. The molecular formula is C14H18O5S. The van der Waals surface area contributed by atoms with Crippen LogP contribution in [0.3, 0.4) is 0 Å². The van der Waals surface area contributed by atoms with Crippen LogP contribution in [0.1, 0.15) is 28.4 Å². The van der Waals surface area contributed by atoms with Gasteiger partial charge in [0.1, 0.15) is 0 Å². The third kappa shape index (κ3) is 3.84. The van der Waals surface area contributed by atoms with Crippen molar-refractivity contribution in [3.63, 3.8) is 0 Å². The van der Waals surface area contributed by atoms with Crippen molar-refractivity contribution in [3.05, 3.63) is 41.2 Å². The van der Waals surface area contributed by atoms with Gasteiger partial charge in [-0.25, -0.2) is 13.2 Å². The van der Waals surface area contributed by atoms with Crippen molar-refractivity contribution in [2.75, 3.05) is 12.9 Å². The molecule has 0 spiro atoms. The molecule has 20 heavy (non-hydrogen) atoms. The predicted molar refractivity (Wildman–Crippen MR) is 75.7 cm³/mol. The van der Waals surface area contributed by atoms with Crippen molar-refractivity contribution in [1.29, 1.82) is 0 Å². The van der Waals surface area contributed by atoms with Gasteiger partial charge in [-0.05, 0) is 49.6 Å². The van der Waals surface area contributed by atoms with E-state index < -0.39 is 15.8 Å². The highest BCUT2D eigenvalue weighted by Gasteiger charge is 2.19. The van der Waals surface area contributed by atoms with Crippen molar-refractivity contribution < 1.29 is 23.1 Å². The summed E-state index contributed by atoms with van der Waals surface area (Å²) in [5.41, 5.74) is 1.06. The van der Waals surface area contributed by atoms with Crippen LogP contribution in [0.4, 0.5) is 0 Å². The Hall–Kier alpha value is -1.82. The van der Waals surface area contributed by atoms with E-state index in [2.05, 4.69) is 0 Å². The summed E-state index contributed by atoms with van der Waals surface area (Å²) in [5.74, 6) is -1.07. The molecular weight excluding hydrogens is 280 g/mol. The van der Waals surface area contributed by atoms with Crippen LogP contribution in [-0.4, -0.2) is 32.4 Å². The zero-order chi connectivity index (χ0) is 15.3. The van der Waals surface area contributed by atoms with Crippen molar-refractivity contribution >= 4 is 15.8 Å². The molecule has 0 heterocycles. The van der Waals surface area contributed by atoms with Gasteiger partial charge in [-0.2, -0.15) is 0 Å². The molecule has 0 aliphatic rings. The fourth-order valence-corrected chi connectivity index (χ4v) is 2.89. The Bertz CT molecular complexity index is 629. The van der Waals surface area contributed by atoms with Crippen molar-refractivity contribution in [2.24, 2.45) is 0 Å². The van der Waals surface area contributed by atoms with Crippen LogP contribution in [-0.2, 0) is 21.0 Å². The van der Waals surface area contributed by atoms with E-state index in [9.17, 15) is 13.2 Å². The van der Waals surface area contributed by atoms with Crippen molar-refractivity contribution in [3.8, 4) is 0 Å². The molecule has 1 aromatic carbocycles. The highest BCUT2D eigenvalue weighted by Crippen LogP contribution is 2.24. The summed E-state index contributed by atoms with van der Waals surface area (Å²) >= 11 is 0. The van der Waals surface area contributed by atoms with E-state index in [-0.39, 0.29) is 10.5 Å². The molecule has 0 aliphatic carbocycles. The molecule has 1 rings (SSSR count). The third-order valence-corrected chi connectivity index (χ3v) is 4.05. The number of hydrogen-bond donors (Lipinski definition) is 1. The molecule has 1 aromatic rings. The maximum absolute atomic E-state index is 11.8.